The minimum Gasteiger partial charge on any atom is -0.394 e. The third-order valence-electron chi connectivity index (χ3n) is 4.94. The fourth-order valence-corrected chi connectivity index (χ4v) is 6.09. The molecule has 2 fully saturated rings. The van der Waals surface area contributed by atoms with Gasteiger partial charge in [-0.1, -0.05) is 0 Å². The fourth-order valence-electron chi connectivity index (χ4n) is 3.34. The lowest BCUT2D eigenvalue weighted by atomic mass is 10.0. The Balaban J connectivity index is 1.70. The van der Waals surface area contributed by atoms with E-state index in [1.807, 2.05) is 0 Å². The zero-order valence-electron chi connectivity index (χ0n) is 15.5. The van der Waals surface area contributed by atoms with Gasteiger partial charge >= 0.3 is 0 Å². The monoisotopic (exact) mass is 434 g/mol. The molecule has 2 aliphatic rings. The van der Waals surface area contributed by atoms with Crippen LogP contribution in [0.4, 0.5) is 5.69 Å². The number of aliphatic hydroxyl groups is 1. The van der Waals surface area contributed by atoms with E-state index in [4.69, 9.17) is 14.6 Å². The molecule has 0 spiro atoms. The van der Waals surface area contributed by atoms with Crippen molar-refractivity contribution in [1.29, 1.82) is 0 Å². The van der Waals surface area contributed by atoms with Crippen molar-refractivity contribution in [1.82, 2.24) is 4.72 Å². The molecule has 0 amide bonds. The van der Waals surface area contributed by atoms with Crippen LogP contribution in [0, 0.1) is 0 Å². The number of benzene rings is 1. The first-order valence-electron chi connectivity index (χ1n) is 9.21. The Morgan fingerprint density at radius 2 is 2.00 bits per heavy atom. The van der Waals surface area contributed by atoms with E-state index in [9.17, 15) is 16.8 Å². The molecule has 0 radical (unpaired) electrons. The summed E-state index contributed by atoms with van der Waals surface area (Å²) in [6, 6.07) is 5.81. The summed E-state index contributed by atoms with van der Waals surface area (Å²) < 4.78 is 64.4. The van der Waals surface area contributed by atoms with Crippen LogP contribution in [0.15, 0.2) is 29.2 Å². The van der Waals surface area contributed by atoms with Gasteiger partial charge in [-0.05, 0) is 37.1 Å². The van der Waals surface area contributed by atoms with Gasteiger partial charge in [0.2, 0.25) is 20.0 Å². The number of hydrogen-bond donors (Lipinski definition) is 2. The second-order valence-corrected chi connectivity index (χ2v) is 10.8. The molecule has 1 aromatic carbocycles. The van der Waals surface area contributed by atoms with Crippen LogP contribution < -0.4 is 9.03 Å². The highest BCUT2D eigenvalue weighted by molar-refractivity contribution is 7.92. The van der Waals surface area contributed by atoms with Gasteiger partial charge in [-0.2, -0.15) is 0 Å². The van der Waals surface area contributed by atoms with Gasteiger partial charge in [-0.3, -0.25) is 4.31 Å². The Kier molecular flexibility index (Phi) is 6.62. The average molecular weight is 435 g/mol. The molecule has 2 aliphatic heterocycles. The van der Waals surface area contributed by atoms with Crippen molar-refractivity contribution >= 4 is 25.7 Å². The molecule has 158 valence electrons. The zero-order chi connectivity index (χ0) is 20.3. The third kappa shape index (κ3) is 4.84. The van der Waals surface area contributed by atoms with Crippen LogP contribution >= 0.6 is 0 Å². The first kappa shape index (κ1) is 21.5. The molecule has 2 N–H and O–H groups in total. The molecule has 0 aliphatic carbocycles. The van der Waals surface area contributed by atoms with Crippen LogP contribution in [0.5, 0.6) is 0 Å². The van der Waals surface area contributed by atoms with Gasteiger partial charge in [-0.15, -0.1) is 0 Å². The van der Waals surface area contributed by atoms with Gasteiger partial charge in [-0.25, -0.2) is 21.6 Å². The SMILES string of the molecule is O=S(=O)(NCC1(OCCO)CCOC1)c1ccc(N2CCCCS2(=O)=O)cc1. The summed E-state index contributed by atoms with van der Waals surface area (Å²) in [6.07, 6.45) is 1.94. The van der Waals surface area contributed by atoms with Crippen molar-refractivity contribution in [3.63, 3.8) is 0 Å². The summed E-state index contributed by atoms with van der Waals surface area (Å²) in [4.78, 5) is 0.0434. The van der Waals surface area contributed by atoms with Crippen molar-refractivity contribution in [3.8, 4) is 0 Å². The standard InChI is InChI=1S/C17H26N2O7S2/c20-9-11-26-17(7-10-25-14-17)13-18-28(23,24)16-5-3-15(4-6-16)19-8-1-2-12-27(19,21)22/h3-6,18,20H,1-2,7-14H2. The molecular weight excluding hydrogens is 408 g/mol. The normalized spacial score (nSPS) is 25.1. The molecule has 28 heavy (non-hydrogen) atoms. The Labute approximate surface area is 165 Å². The van der Waals surface area contributed by atoms with Crippen molar-refractivity contribution < 1.29 is 31.4 Å². The van der Waals surface area contributed by atoms with Crippen molar-refractivity contribution in [2.24, 2.45) is 0 Å². The van der Waals surface area contributed by atoms with Crippen LogP contribution in [0.3, 0.4) is 0 Å². The molecule has 0 saturated carbocycles. The molecule has 9 nitrogen and oxygen atoms in total. The maximum Gasteiger partial charge on any atom is 0.240 e. The second kappa shape index (κ2) is 8.64. The van der Waals surface area contributed by atoms with Gasteiger partial charge in [0, 0.05) is 26.1 Å². The first-order chi connectivity index (χ1) is 13.3. The molecule has 1 unspecified atom stereocenters. The van der Waals surface area contributed by atoms with E-state index < -0.39 is 25.6 Å². The number of ether oxygens (including phenoxy) is 2. The predicted octanol–water partition coefficient (Wildman–Crippen LogP) is 0.0629. The van der Waals surface area contributed by atoms with E-state index in [-0.39, 0.29) is 37.0 Å². The van der Waals surface area contributed by atoms with E-state index in [1.54, 1.807) is 0 Å². The topological polar surface area (TPSA) is 122 Å². The lowest BCUT2D eigenvalue weighted by Crippen LogP contribution is -2.46. The first-order valence-corrected chi connectivity index (χ1v) is 12.3. The quantitative estimate of drug-likeness (QED) is 0.593. The van der Waals surface area contributed by atoms with Crippen LogP contribution in [-0.2, 0) is 29.5 Å². The summed E-state index contributed by atoms with van der Waals surface area (Å²) in [5, 5.41) is 8.97. The summed E-state index contributed by atoms with van der Waals surface area (Å²) >= 11 is 0. The molecule has 0 aromatic heterocycles. The van der Waals surface area contributed by atoms with Crippen LogP contribution in [0.2, 0.25) is 0 Å². The molecule has 11 heteroatoms. The van der Waals surface area contributed by atoms with Crippen LogP contribution in [0.25, 0.3) is 0 Å². The van der Waals surface area contributed by atoms with Crippen molar-refractivity contribution in [3.05, 3.63) is 24.3 Å². The molecule has 2 heterocycles. The maximum atomic E-state index is 12.6. The zero-order valence-corrected chi connectivity index (χ0v) is 17.2. The molecule has 0 bridgehead atoms. The molecule has 2 saturated heterocycles. The number of nitrogens with one attached hydrogen (secondary N) is 1. The molecule has 1 aromatic rings. The summed E-state index contributed by atoms with van der Waals surface area (Å²) in [5.74, 6) is 0.104. The van der Waals surface area contributed by atoms with Gasteiger partial charge in [0.25, 0.3) is 0 Å². The number of aliphatic hydroxyl groups excluding tert-OH is 1. The minimum absolute atomic E-state index is 0.0254. The maximum absolute atomic E-state index is 12.6. The summed E-state index contributed by atoms with van der Waals surface area (Å²) in [6.45, 7) is 1.09. The highest BCUT2D eigenvalue weighted by atomic mass is 32.2. The van der Waals surface area contributed by atoms with Crippen LogP contribution in [0.1, 0.15) is 19.3 Å². The fraction of sp³-hybridized carbons (Fsp3) is 0.647. The Morgan fingerprint density at radius 3 is 2.61 bits per heavy atom. The second-order valence-electron chi connectivity index (χ2n) is 6.97. The third-order valence-corrected chi connectivity index (χ3v) is 8.22. The largest absolute Gasteiger partial charge is 0.394 e. The van der Waals surface area contributed by atoms with Gasteiger partial charge in [0.1, 0.15) is 5.60 Å². The van der Waals surface area contributed by atoms with E-state index >= 15 is 0 Å². The lowest BCUT2D eigenvalue weighted by molar-refractivity contribution is -0.0566. The lowest BCUT2D eigenvalue weighted by Gasteiger charge is -2.28. The summed E-state index contributed by atoms with van der Waals surface area (Å²) in [7, 11) is -7.15. The Morgan fingerprint density at radius 1 is 1.25 bits per heavy atom. The number of rotatable bonds is 8. The number of hydrogen-bond acceptors (Lipinski definition) is 7. The number of nitrogens with zero attached hydrogens (tertiary/aromatic N) is 1. The molecule has 1 atom stereocenters. The van der Waals surface area contributed by atoms with Crippen LogP contribution in [-0.4, -0.2) is 72.8 Å². The van der Waals surface area contributed by atoms with Crippen molar-refractivity contribution in [2.45, 2.75) is 29.8 Å². The van der Waals surface area contributed by atoms with E-state index in [0.29, 0.717) is 31.7 Å². The highest BCUT2D eigenvalue weighted by Crippen LogP contribution is 2.26. The minimum atomic E-state index is -3.80. The van der Waals surface area contributed by atoms with E-state index in [1.165, 1.54) is 28.6 Å². The predicted molar refractivity (Wildman–Crippen MR) is 103 cm³/mol. The number of anilines is 1. The Hall–Kier alpha value is -1.24. The molecular formula is C17H26N2O7S2. The number of sulfonamides is 2. The Bertz CT molecular complexity index is 863. The van der Waals surface area contributed by atoms with E-state index in [2.05, 4.69) is 4.72 Å². The highest BCUT2D eigenvalue weighted by Gasteiger charge is 2.37. The van der Waals surface area contributed by atoms with Gasteiger partial charge in [0.05, 0.1) is 36.2 Å². The molecule has 3 rings (SSSR count). The summed E-state index contributed by atoms with van der Waals surface area (Å²) in [5.41, 5.74) is -0.331. The van der Waals surface area contributed by atoms with Gasteiger partial charge in [0.15, 0.2) is 0 Å². The van der Waals surface area contributed by atoms with Crippen molar-refractivity contribution in [2.75, 3.05) is 49.6 Å². The van der Waals surface area contributed by atoms with Gasteiger partial charge < -0.3 is 14.6 Å². The average Bonchev–Trinajstić information content (AvgIpc) is 3.14. The van der Waals surface area contributed by atoms with E-state index in [0.717, 1.165) is 6.42 Å². The smallest absolute Gasteiger partial charge is 0.240 e.